The highest BCUT2D eigenvalue weighted by Crippen LogP contribution is 2.41. The number of methoxy groups -OCH3 is 1. The van der Waals surface area contributed by atoms with Crippen LogP contribution in [0.15, 0.2) is 29.1 Å². The van der Waals surface area contributed by atoms with Crippen LogP contribution in [-0.2, 0) is 12.8 Å². The van der Waals surface area contributed by atoms with Crippen LogP contribution in [0.5, 0.6) is 11.5 Å². The van der Waals surface area contributed by atoms with Crippen LogP contribution in [0.25, 0.3) is 10.2 Å². The van der Waals surface area contributed by atoms with Crippen molar-refractivity contribution < 1.29 is 14.6 Å². The third-order valence-electron chi connectivity index (χ3n) is 4.99. The van der Waals surface area contributed by atoms with Crippen LogP contribution in [0.4, 0.5) is 5.69 Å². The standard InChI is InChI=1S/C20H20N2O4S/c1-10-6-7-13-14(8-10)27-20-15(13)17(23)16(19(25)22-20)18(24)21-11-4-3-5-12(9-11)26-2/h3-5,9-10H,6-8H2,1-2H3,(H,21,24)(H2,22,23,25)/t10-/m1/s1. The number of carbonyl (C=O) groups excluding carboxylic acids is 1. The number of aryl methyl sites for hydroxylation is 1. The molecule has 3 aromatic rings. The van der Waals surface area contributed by atoms with Crippen molar-refractivity contribution in [2.45, 2.75) is 26.2 Å². The molecule has 0 aliphatic heterocycles. The number of pyridine rings is 1. The molecule has 6 nitrogen and oxygen atoms in total. The maximum Gasteiger partial charge on any atom is 0.265 e. The normalized spacial score (nSPS) is 16.1. The van der Waals surface area contributed by atoms with Crippen LogP contribution < -0.4 is 15.6 Å². The van der Waals surface area contributed by atoms with Crippen LogP contribution in [0.3, 0.4) is 0 Å². The summed E-state index contributed by atoms with van der Waals surface area (Å²) >= 11 is 1.50. The number of hydrogen-bond donors (Lipinski definition) is 3. The Morgan fingerprint density at radius 1 is 1.41 bits per heavy atom. The molecule has 3 N–H and O–H groups in total. The zero-order valence-electron chi connectivity index (χ0n) is 15.1. The van der Waals surface area contributed by atoms with Gasteiger partial charge in [0.2, 0.25) is 0 Å². The van der Waals surface area contributed by atoms with Gasteiger partial charge in [-0.1, -0.05) is 13.0 Å². The zero-order chi connectivity index (χ0) is 19.1. The molecule has 2 aromatic heterocycles. The van der Waals surface area contributed by atoms with E-state index >= 15 is 0 Å². The Morgan fingerprint density at radius 2 is 2.22 bits per heavy atom. The van der Waals surface area contributed by atoms with E-state index in [2.05, 4.69) is 17.2 Å². The Kier molecular flexibility index (Phi) is 4.39. The van der Waals surface area contributed by atoms with Crippen molar-refractivity contribution in [2.24, 2.45) is 5.92 Å². The van der Waals surface area contributed by atoms with Gasteiger partial charge in [-0.3, -0.25) is 9.59 Å². The van der Waals surface area contributed by atoms with Gasteiger partial charge in [-0.05, 0) is 42.9 Å². The number of aromatic amines is 1. The lowest BCUT2D eigenvalue weighted by Gasteiger charge is -2.18. The molecule has 0 spiro atoms. The second-order valence-corrected chi connectivity index (χ2v) is 8.02. The number of carbonyl (C=O) groups is 1. The lowest BCUT2D eigenvalue weighted by molar-refractivity contribution is 0.102. The number of aromatic nitrogens is 1. The van der Waals surface area contributed by atoms with Gasteiger partial charge >= 0.3 is 0 Å². The Balaban J connectivity index is 1.77. The fraction of sp³-hybridized carbons (Fsp3) is 0.300. The zero-order valence-corrected chi connectivity index (χ0v) is 15.9. The van der Waals surface area contributed by atoms with Crippen LogP contribution in [0, 0.1) is 5.92 Å². The molecule has 0 radical (unpaired) electrons. The monoisotopic (exact) mass is 384 g/mol. The second kappa shape index (κ2) is 6.74. The minimum atomic E-state index is -0.645. The molecule has 27 heavy (non-hydrogen) atoms. The summed E-state index contributed by atoms with van der Waals surface area (Å²) in [6.45, 7) is 2.20. The number of anilines is 1. The summed E-state index contributed by atoms with van der Waals surface area (Å²) in [5.41, 5.74) is 0.688. The summed E-state index contributed by atoms with van der Waals surface area (Å²) in [5, 5.41) is 14.1. The molecule has 0 fully saturated rings. The molecule has 140 valence electrons. The van der Waals surface area contributed by atoms with E-state index in [9.17, 15) is 14.7 Å². The SMILES string of the molecule is COc1cccc(NC(=O)c2c(O)c3c4c(sc3[nH]c2=O)C[C@H](C)CC4)c1. The van der Waals surface area contributed by atoms with Gasteiger partial charge in [0.05, 0.1) is 12.5 Å². The number of hydrogen-bond acceptors (Lipinski definition) is 5. The molecule has 1 amide bonds. The van der Waals surface area contributed by atoms with Gasteiger partial charge in [0.25, 0.3) is 11.5 Å². The average molecular weight is 384 g/mol. The third-order valence-corrected chi connectivity index (χ3v) is 6.16. The molecule has 0 bridgehead atoms. The van der Waals surface area contributed by atoms with Crippen molar-refractivity contribution in [3.8, 4) is 11.5 Å². The maximum absolute atomic E-state index is 12.7. The molecule has 1 aromatic carbocycles. The van der Waals surface area contributed by atoms with Crippen LogP contribution in [0.1, 0.15) is 34.1 Å². The molecule has 7 heteroatoms. The van der Waals surface area contributed by atoms with Crippen LogP contribution in [0.2, 0.25) is 0 Å². The van der Waals surface area contributed by atoms with Crippen molar-refractivity contribution in [2.75, 3.05) is 12.4 Å². The van der Waals surface area contributed by atoms with E-state index in [1.807, 2.05) is 0 Å². The van der Waals surface area contributed by atoms with E-state index in [0.29, 0.717) is 27.6 Å². The van der Waals surface area contributed by atoms with Crippen LogP contribution >= 0.6 is 11.3 Å². The average Bonchev–Trinajstić information content (AvgIpc) is 2.98. The molecule has 1 aliphatic rings. The molecule has 1 atom stereocenters. The fourth-order valence-corrected chi connectivity index (χ4v) is 5.00. The predicted octanol–water partition coefficient (Wildman–Crippen LogP) is 3.68. The molecule has 1 aliphatic carbocycles. The molecule has 0 unspecified atom stereocenters. The maximum atomic E-state index is 12.7. The number of aromatic hydroxyl groups is 1. The summed E-state index contributed by atoms with van der Waals surface area (Å²) in [7, 11) is 1.53. The molecule has 0 saturated heterocycles. The van der Waals surface area contributed by atoms with E-state index in [4.69, 9.17) is 4.74 Å². The topological polar surface area (TPSA) is 91.4 Å². The van der Waals surface area contributed by atoms with Crippen LogP contribution in [-0.4, -0.2) is 23.1 Å². The smallest absolute Gasteiger partial charge is 0.265 e. The number of amides is 1. The van der Waals surface area contributed by atoms with E-state index in [1.165, 1.54) is 23.3 Å². The van der Waals surface area contributed by atoms with Crippen molar-refractivity contribution >= 4 is 33.1 Å². The first-order chi connectivity index (χ1) is 13.0. The summed E-state index contributed by atoms with van der Waals surface area (Å²) in [6, 6.07) is 6.83. The van der Waals surface area contributed by atoms with Gasteiger partial charge in [0.1, 0.15) is 21.9 Å². The largest absolute Gasteiger partial charge is 0.506 e. The number of benzene rings is 1. The quantitative estimate of drug-likeness (QED) is 0.642. The van der Waals surface area contributed by atoms with Gasteiger partial charge < -0.3 is 20.1 Å². The minimum Gasteiger partial charge on any atom is -0.506 e. The van der Waals surface area contributed by atoms with Gasteiger partial charge in [-0.2, -0.15) is 0 Å². The lowest BCUT2D eigenvalue weighted by Crippen LogP contribution is -2.23. The number of rotatable bonds is 3. The third kappa shape index (κ3) is 3.08. The highest BCUT2D eigenvalue weighted by molar-refractivity contribution is 7.18. The van der Waals surface area contributed by atoms with Crippen molar-refractivity contribution in [3.63, 3.8) is 0 Å². The Labute approximate surface area is 159 Å². The Morgan fingerprint density at radius 3 is 3.00 bits per heavy atom. The summed E-state index contributed by atoms with van der Waals surface area (Å²) in [5.74, 6) is 0.284. The fourth-order valence-electron chi connectivity index (χ4n) is 3.59. The second-order valence-electron chi connectivity index (χ2n) is 6.92. The van der Waals surface area contributed by atoms with E-state index in [-0.39, 0.29) is 11.3 Å². The Hall–Kier alpha value is -2.80. The van der Waals surface area contributed by atoms with Crippen molar-refractivity contribution in [1.82, 2.24) is 4.98 Å². The lowest BCUT2D eigenvalue weighted by atomic mass is 9.89. The first-order valence-electron chi connectivity index (χ1n) is 8.82. The van der Waals surface area contributed by atoms with E-state index in [0.717, 1.165) is 24.8 Å². The number of nitrogens with one attached hydrogen (secondary N) is 2. The first-order valence-corrected chi connectivity index (χ1v) is 9.64. The van der Waals surface area contributed by atoms with E-state index < -0.39 is 11.5 Å². The molecular weight excluding hydrogens is 364 g/mol. The molecule has 2 heterocycles. The number of ether oxygens (including phenoxy) is 1. The van der Waals surface area contributed by atoms with Gasteiger partial charge in [-0.25, -0.2) is 0 Å². The minimum absolute atomic E-state index is 0.235. The molecular formula is C20H20N2O4S. The van der Waals surface area contributed by atoms with Gasteiger partial charge in [0, 0.05) is 16.6 Å². The molecule has 0 saturated carbocycles. The van der Waals surface area contributed by atoms with Gasteiger partial charge in [0.15, 0.2) is 0 Å². The Bertz CT molecular complexity index is 1100. The van der Waals surface area contributed by atoms with E-state index in [1.54, 1.807) is 24.3 Å². The highest BCUT2D eigenvalue weighted by atomic mass is 32.1. The highest BCUT2D eigenvalue weighted by Gasteiger charge is 2.27. The summed E-state index contributed by atoms with van der Waals surface area (Å²) < 4.78 is 5.14. The summed E-state index contributed by atoms with van der Waals surface area (Å²) in [4.78, 5) is 29.8. The predicted molar refractivity (Wildman–Crippen MR) is 106 cm³/mol. The number of thiophene rings is 1. The van der Waals surface area contributed by atoms with Crippen molar-refractivity contribution in [3.05, 3.63) is 50.6 Å². The van der Waals surface area contributed by atoms with Crippen molar-refractivity contribution in [1.29, 1.82) is 0 Å². The number of fused-ring (bicyclic) bond motifs is 3. The van der Waals surface area contributed by atoms with Gasteiger partial charge in [-0.15, -0.1) is 11.3 Å². The first kappa shape index (κ1) is 17.6. The number of H-pyrrole nitrogens is 1. The summed E-state index contributed by atoms with van der Waals surface area (Å²) in [6.07, 6.45) is 2.80. The molecule has 4 rings (SSSR count).